The topological polar surface area (TPSA) is 0 Å². The average molecular weight is 825 g/mol. The van der Waals surface area contributed by atoms with Gasteiger partial charge in [0.25, 0.3) is 0 Å². The van der Waals surface area contributed by atoms with Gasteiger partial charge >= 0.3 is 41.9 Å². The van der Waals surface area contributed by atoms with Crippen LogP contribution in [-0.4, -0.2) is 5.43 Å². The van der Waals surface area contributed by atoms with Crippen LogP contribution in [0.25, 0.3) is 43.8 Å². The van der Waals surface area contributed by atoms with E-state index >= 15 is 0 Å². The molecule has 0 saturated heterocycles. The summed E-state index contributed by atoms with van der Waals surface area (Å²) < 4.78 is 0. The number of halogens is 2. The van der Waals surface area contributed by atoms with Crippen molar-refractivity contribution in [1.29, 1.82) is 0 Å². The standard InChI is InChI=1S/C25H29.C21H23.C2H6Si.2ClH.Zr/c1-17(2)19-11-13-21(14-12-19)24-6-4-5-22-15-23(16-25(22)24)20-9-7-18(3)8-10-20;1-5-15-13-17-7-6-8-19(20(17)14-15)16-9-11-18(12-10-16)21(2,3)4;1-3-2;;;/h4-6,11-18,20H,7-10H2,1-3H3;6-14H,5H2,1-4H3;1-2H3;2*1H;/q2*-1;;;;+2/p-2. The molecule has 0 aromatic heterocycles. The van der Waals surface area contributed by atoms with Crippen molar-refractivity contribution in [2.45, 2.75) is 111 Å². The van der Waals surface area contributed by atoms with Crippen LogP contribution in [0, 0.1) is 5.92 Å². The number of benzene rings is 4. The predicted octanol–water partition coefficient (Wildman–Crippen LogP) is 8.52. The summed E-state index contributed by atoms with van der Waals surface area (Å²) in [7, 11) is 0. The van der Waals surface area contributed by atoms with Gasteiger partial charge in [-0.1, -0.05) is 133 Å². The number of hydrogen-bond donors (Lipinski definition) is 0. The summed E-state index contributed by atoms with van der Waals surface area (Å²) in [4.78, 5) is 0. The molecule has 0 atom stereocenters. The third kappa shape index (κ3) is 11.4. The van der Waals surface area contributed by atoms with Gasteiger partial charge < -0.3 is 24.8 Å². The number of rotatable bonds is 5. The summed E-state index contributed by atoms with van der Waals surface area (Å²) in [6.07, 6.45) is 6.58. The summed E-state index contributed by atoms with van der Waals surface area (Å²) in [5.41, 5.74) is 11.6. The van der Waals surface area contributed by atoms with Gasteiger partial charge in [0, 0.05) is 0 Å². The van der Waals surface area contributed by atoms with Crippen LogP contribution in [0.2, 0.25) is 13.1 Å². The molecule has 0 radical (unpaired) electrons. The molecule has 4 heteroatoms. The van der Waals surface area contributed by atoms with E-state index in [4.69, 9.17) is 0 Å². The Morgan fingerprint density at radius 2 is 1.19 bits per heavy atom. The molecular formula is C48H58Cl2SiZr-2. The Morgan fingerprint density at radius 1 is 0.712 bits per heavy atom. The molecule has 7 rings (SSSR count). The molecule has 274 valence electrons. The van der Waals surface area contributed by atoms with Gasteiger partial charge in [0.05, 0.1) is 0 Å². The van der Waals surface area contributed by atoms with Gasteiger partial charge in [0.1, 0.15) is 0 Å². The van der Waals surface area contributed by atoms with Crippen molar-refractivity contribution >= 4 is 27.0 Å². The molecule has 0 bridgehead atoms. The molecule has 0 N–H and O–H groups in total. The summed E-state index contributed by atoms with van der Waals surface area (Å²) in [5, 5.41) is 5.55. The summed E-state index contributed by atoms with van der Waals surface area (Å²) in [5.74, 6) is 2.26. The van der Waals surface area contributed by atoms with Crippen LogP contribution < -0.4 is 24.8 Å². The van der Waals surface area contributed by atoms with Gasteiger partial charge in [-0.2, -0.15) is 12.1 Å². The Labute approximate surface area is 343 Å². The maximum atomic E-state index is 2.47. The number of fused-ring (bicyclic) bond motifs is 2. The first kappa shape index (κ1) is 44.2. The minimum absolute atomic E-state index is 0. The minimum Gasteiger partial charge on any atom is -1.00 e. The molecule has 0 aliphatic heterocycles. The van der Waals surface area contributed by atoms with Crippen LogP contribution in [0.3, 0.4) is 0 Å². The Morgan fingerprint density at radius 3 is 1.67 bits per heavy atom. The fraction of sp³-hybridized carbons (Fsp3) is 0.375. The summed E-state index contributed by atoms with van der Waals surface area (Å²) in [6.45, 7) is 20.5. The molecule has 0 unspecified atom stereocenters. The van der Waals surface area contributed by atoms with E-state index in [1.165, 1.54) is 86.2 Å². The Kier molecular flexibility index (Phi) is 16.9. The number of hydrogen-bond acceptors (Lipinski definition) is 0. The molecule has 0 heterocycles. The molecule has 6 aromatic carbocycles. The first-order valence-corrected chi connectivity index (χ1v) is 25.1. The fourth-order valence-electron chi connectivity index (χ4n) is 7.29. The zero-order valence-corrected chi connectivity index (χ0v) is 37.9. The van der Waals surface area contributed by atoms with Crippen LogP contribution in [0.5, 0.6) is 0 Å². The Balaban J connectivity index is 0.000000249. The molecule has 0 spiro atoms. The molecule has 1 fully saturated rings. The minimum atomic E-state index is 0. The van der Waals surface area contributed by atoms with Crippen LogP contribution in [0.4, 0.5) is 0 Å². The maximum absolute atomic E-state index is 2.47. The quantitative estimate of drug-likeness (QED) is 0.121. The summed E-state index contributed by atoms with van der Waals surface area (Å²) >= 11 is 1.74. The van der Waals surface area contributed by atoms with Crippen molar-refractivity contribution in [3.05, 3.63) is 131 Å². The molecule has 0 nitrogen and oxygen atoms in total. The molecule has 0 amide bonds. The Hall–Kier alpha value is -2.22. The second-order valence-electron chi connectivity index (χ2n) is 16.2. The van der Waals surface area contributed by atoms with Crippen LogP contribution in [-0.2, 0) is 35.2 Å². The van der Waals surface area contributed by atoms with Crippen molar-refractivity contribution in [2.75, 3.05) is 0 Å². The zero-order valence-electron chi connectivity index (χ0n) is 32.9. The van der Waals surface area contributed by atoms with Gasteiger partial charge in [-0.3, -0.25) is 0 Å². The van der Waals surface area contributed by atoms with Gasteiger partial charge in [-0.25, -0.2) is 0 Å². The van der Waals surface area contributed by atoms with E-state index in [0.29, 0.717) is 5.92 Å². The first-order valence-electron chi connectivity index (χ1n) is 18.9. The average Bonchev–Trinajstić information content (AvgIpc) is 3.73. The predicted molar refractivity (Wildman–Crippen MR) is 220 cm³/mol. The van der Waals surface area contributed by atoms with E-state index in [2.05, 4.69) is 171 Å². The molecule has 6 aromatic rings. The van der Waals surface area contributed by atoms with Crippen molar-refractivity contribution in [3.63, 3.8) is 0 Å². The van der Waals surface area contributed by atoms with Crippen molar-refractivity contribution in [1.82, 2.24) is 0 Å². The van der Waals surface area contributed by atoms with Crippen molar-refractivity contribution < 1.29 is 48.1 Å². The van der Waals surface area contributed by atoms with E-state index in [1.807, 2.05) is 0 Å². The third-order valence-corrected chi connectivity index (χ3v) is 10.4. The molecule has 1 aliphatic rings. The molecular weight excluding hydrogens is 767 g/mol. The van der Waals surface area contributed by atoms with Gasteiger partial charge in [0.15, 0.2) is 0 Å². The van der Waals surface area contributed by atoms with E-state index in [-0.39, 0.29) is 35.7 Å². The zero-order chi connectivity index (χ0) is 36.0. The van der Waals surface area contributed by atoms with Crippen LogP contribution in [0.1, 0.15) is 108 Å². The third-order valence-electron chi connectivity index (χ3n) is 10.4. The molecule has 1 saturated carbocycles. The molecule has 1 aliphatic carbocycles. The van der Waals surface area contributed by atoms with Crippen LogP contribution in [0.15, 0.2) is 109 Å². The van der Waals surface area contributed by atoms with Gasteiger partial charge in [0.2, 0.25) is 0 Å². The van der Waals surface area contributed by atoms with E-state index in [1.54, 1.807) is 28.9 Å². The van der Waals surface area contributed by atoms with E-state index in [9.17, 15) is 0 Å². The fourth-order valence-corrected chi connectivity index (χ4v) is 7.29. The normalized spacial score (nSPS) is 15.5. The maximum Gasteiger partial charge on any atom is -1.00 e. The van der Waals surface area contributed by atoms with Crippen molar-refractivity contribution in [3.8, 4) is 22.3 Å². The number of aryl methyl sites for hydroxylation is 1. The van der Waals surface area contributed by atoms with Gasteiger partial charge in [-0.05, 0) is 64.7 Å². The second kappa shape index (κ2) is 19.9. The van der Waals surface area contributed by atoms with Crippen LogP contribution >= 0.6 is 0 Å². The first-order chi connectivity index (χ1) is 23.8. The second-order valence-corrected chi connectivity index (χ2v) is 25.6. The van der Waals surface area contributed by atoms with Crippen molar-refractivity contribution in [2.24, 2.45) is 5.92 Å². The SMILES string of the molecule is CC1CCC(c2cc3c(-c4ccc(C(C)C)cc4)cccc3[cH-]2)CC1.CCc1cc2c(-c3ccc(C(C)(C)C)cc3)cccc2[cH-]1.C[Si](C)=[Zr+2].[Cl-].[Cl-]. The molecule has 52 heavy (non-hydrogen) atoms. The van der Waals surface area contributed by atoms with E-state index in [0.717, 1.165) is 18.3 Å². The summed E-state index contributed by atoms with van der Waals surface area (Å²) in [6, 6.07) is 41.1. The van der Waals surface area contributed by atoms with E-state index < -0.39 is 0 Å². The largest absolute Gasteiger partial charge is 1.00 e. The smallest absolute Gasteiger partial charge is 1.00 e. The Bertz CT molecular complexity index is 1990. The van der Waals surface area contributed by atoms with Gasteiger partial charge in [-0.15, -0.1) is 69.1 Å². The monoisotopic (exact) mass is 822 g/mol.